The van der Waals surface area contributed by atoms with Gasteiger partial charge < -0.3 is 9.80 Å². The van der Waals surface area contributed by atoms with Crippen molar-refractivity contribution in [2.45, 2.75) is 0 Å². The van der Waals surface area contributed by atoms with Crippen molar-refractivity contribution in [1.82, 2.24) is 9.80 Å². The van der Waals surface area contributed by atoms with Gasteiger partial charge in [-0.1, -0.05) is 0 Å². The van der Waals surface area contributed by atoms with Crippen molar-refractivity contribution in [2.75, 3.05) is 41.3 Å². The van der Waals surface area contributed by atoms with Gasteiger partial charge in [-0.05, 0) is 28.2 Å². The topological polar surface area (TPSA) is 6.48 Å². The zero-order chi connectivity index (χ0) is 8.57. The minimum absolute atomic E-state index is 1.15. The van der Waals surface area contributed by atoms with Crippen molar-refractivity contribution in [3.05, 3.63) is 0 Å². The van der Waals surface area contributed by atoms with Crippen LogP contribution in [-0.4, -0.2) is 51.1 Å². The van der Waals surface area contributed by atoms with Crippen LogP contribution in [0.15, 0.2) is 0 Å². The molecule has 10 heavy (non-hydrogen) atoms. The summed E-state index contributed by atoms with van der Waals surface area (Å²) in [6.07, 6.45) is 0. The zero-order valence-corrected chi connectivity index (χ0v) is 10.1. The summed E-state index contributed by atoms with van der Waals surface area (Å²) in [7, 11) is 8.35. The third-order valence-corrected chi connectivity index (χ3v) is 0.994. The van der Waals surface area contributed by atoms with E-state index in [-0.39, 0.29) is 0 Å². The van der Waals surface area contributed by atoms with Crippen molar-refractivity contribution in [1.29, 1.82) is 0 Å². The second-order valence-corrected chi connectivity index (χ2v) is 2.61. The van der Waals surface area contributed by atoms with Gasteiger partial charge in [-0.3, -0.25) is 0 Å². The van der Waals surface area contributed by atoms with Crippen molar-refractivity contribution < 1.29 is 12.8 Å². The van der Waals surface area contributed by atoms with Crippen LogP contribution >= 0.6 is 20.3 Å². The van der Waals surface area contributed by atoms with E-state index >= 15 is 0 Å². The van der Waals surface area contributed by atoms with Gasteiger partial charge in [0.1, 0.15) is 0 Å². The molecule has 0 saturated carbocycles. The molecule has 0 atom stereocenters. The van der Waals surface area contributed by atoms with E-state index in [4.69, 9.17) is 0 Å². The van der Waals surface area contributed by atoms with Gasteiger partial charge in [-0.25, -0.2) is 0 Å². The molecule has 0 heterocycles. The van der Waals surface area contributed by atoms with Crippen LogP contribution in [0, 0.1) is 0 Å². The van der Waals surface area contributed by atoms with Gasteiger partial charge in [0.25, 0.3) is 0 Å². The molecule has 68 valence electrons. The Hall–Kier alpha value is 1.17. The van der Waals surface area contributed by atoms with Gasteiger partial charge >= 0.3 is 33.1 Å². The standard InChI is InChI=1S/C6H16N2.Cu.HI/c1-7(2)5-6-8(3)4;;/h5-6H2,1-4H3;;1H/q;+1;/p-1. The van der Waals surface area contributed by atoms with E-state index in [1.165, 1.54) is 0 Å². The monoisotopic (exact) mass is 306 g/mol. The van der Waals surface area contributed by atoms with E-state index in [0.29, 0.717) is 0 Å². The van der Waals surface area contributed by atoms with Crippen LogP contribution in [0.3, 0.4) is 0 Å². The maximum atomic E-state index is 4.16. The Balaban J connectivity index is 0. The Kier molecular flexibility index (Phi) is 14.0. The third kappa shape index (κ3) is 16.1. The Labute approximate surface area is 83.9 Å². The normalized spacial score (nSPS) is 9.70. The summed E-state index contributed by atoms with van der Waals surface area (Å²) in [5.41, 5.74) is 0. The average molecular weight is 307 g/mol. The molecule has 0 rings (SSSR count). The number of likely N-dealkylation sites (N-methyl/N-ethyl adjacent to an activating group) is 2. The van der Waals surface area contributed by atoms with Gasteiger partial charge in [0, 0.05) is 13.1 Å². The molecule has 0 aromatic rings. The van der Waals surface area contributed by atoms with Gasteiger partial charge in [0.15, 0.2) is 0 Å². The molecule has 0 spiro atoms. The van der Waals surface area contributed by atoms with Crippen LogP contribution in [0.5, 0.6) is 0 Å². The van der Waals surface area contributed by atoms with E-state index < -0.39 is 0 Å². The molecule has 0 fully saturated rings. The van der Waals surface area contributed by atoms with Crippen LogP contribution in [0.25, 0.3) is 0 Å². The summed E-state index contributed by atoms with van der Waals surface area (Å²) in [4.78, 5) is 4.36. The summed E-state index contributed by atoms with van der Waals surface area (Å²) in [6.45, 7) is 2.29. The fraction of sp³-hybridized carbons (Fsp3) is 1.00. The van der Waals surface area contributed by atoms with Gasteiger partial charge in [0.2, 0.25) is 0 Å². The Bertz CT molecular complexity index is 51.7. The van der Waals surface area contributed by atoms with E-state index in [2.05, 4.69) is 50.8 Å². The fourth-order valence-electron chi connectivity index (χ4n) is 0.400. The molecular formula is C6H16CuIN2. The van der Waals surface area contributed by atoms with Crippen LogP contribution in [0.2, 0.25) is 0 Å². The zero-order valence-electron chi connectivity index (χ0n) is 6.99. The quantitative estimate of drug-likeness (QED) is 0.567. The third-order valence-electron chi connectivity index (χ3n) is 0.994. The van der Waals surface area contributed by atoms with Gasteiger partial charge in [-0.2, -0.15) is 0 Å². The van der Waals surface area contributed by atoms with E-state index in [0.717, 1.165) is 13.1 Å². The first-order valence-corrected chi connectivity index (χ1v) is 6.07. The van der Waals surface area contributed by atoms with Crippen LogP contribution in [0.4, 0.5) is 0 Å². The molecule has 0 saturated heterocycles. The minimum atomic E-state index is 1.15. The Morgan fingerprint density at radius 3 is 1.20 bits per heavy atom. The fourth-order valence-corrected chi connectivity index (χ4v) is 0.400. The van der Waals surface area contributed by atoms with Crippen molar-refractivity contribution >= 4 is 20.3 Å². The molecule has 4 heteroatoms. The second kappa shape index (κ2) is 10.2. The van der Waals surface area contributed by atoms with Crippen LogP contribution in [0.1, 0.15) is 0 Å². The van der Waals surface area contributed by atoms with Crippen molar-refractivity contribution in [3.63, 3.8) is 0 Å². The summed E-state index contributed by atoms with van der Waals surface area (Å²) in [6, 6.07) is 0. The molecule has 0 aromatic carbocycles. The van der Waals surface area contributed by atoms with Crippen molar-refractivity contribution in [3.8, 4) is 0 Å². The molecular weight excluding hydrogens is 291 g/mol. The number of hydrogen-bond donors (Lipinski definition) is 0. The van der Waals surface area contributed by atoms with Crippen molar-refractivity contribution in [2.24, 2.45) is 0 Å². The molecule has 0 amide bonds. The molecule has 0 aliphatic carbocycles. The molecule has 0 radical (unpaired) electrons. The molecule has 0 aromatic heterocycles. The SMILES string of the molecule is CN(C)CCN(C)C.[Cu][I]. The van der Waals surface area contributed by atoms with Gasteiger partial charge in [-0.15, -0.1) is 0 Å². The summed E-state index contributed by atoms with van der Waals surface area (Å²) >= 11 is 5.87. The number of halogens is 1. The first-order chi connectivity index (χ1) is 4.63. The second-order valence-electron chi connectivity index (χ2n) is 2.61. The summed E-state index contributed by atoms with van der Waals surface area (Å²) in [5, 5.41) is 0. The molecule has 0 N–H and O–H groups in total. The first-order valence-electron chi connectivity index (χ1n) is 3.04. The Morgan fingerprint density at radius 2 is 1.10 bits per heavy atom. The molecule has 2 nitrogen and oxygen atoms in total. The average Bonchev–Trinajstić information content (AvgIpc) is 1.89. The molecule has 0 unspecified atom stereocenters. The predicted octanol–water partition coefficient (Wildman–Crippen LogP) is 0.993. The van der Waals surface area contributed by atoms with E-state index in [9.17, 15) is 0 Å². The molecule has 0 aliphatic rings. The molecule has 0 bridgehead atoms. The molecule has 0 aliphatic heterocycles. The van der Waals surface area contributed by atoms with Crippen LogP contribution in [-0.2, 0) is 12.8 Å². The summed E-state index contributed by atoms with van der Waals surface area (Å²) in [5.74, 6) is 0. The number of nitrogens with zero attached hydrogens (tertiary/aromatic N) is 2. The Morgan fingerprint density at radius 1 is 0.900 bits per heavy atom. The van der Waals surface area contributed by atoms with Gasteiger partial charge in [0.05, 0.1) is 0 Å². The van der Waals surface area contributed by atoms with E-state index in [1.807, 2.05) is 0 Å². The predicted molar refractivity (Wildman–Crippen MR) is 51.1 cm³/mol. The number of rotatable bonds is 3. The van der Waals surface area contributed by atoms with E-state index in [1.54, 1.807) is 20.3 Å². The van der Waals surface area contributed by atoms with Crippen LogP contribution < -0.4 is 0 Å². The first kappa shape index (κ1) is 13.7. The maximum absolute atomic E-state index is 4.16. The summed E-state index contributed by atoms with van der Waals surface area (Å²) < 4.78 is 0. The number of hydrogen-bond acceptors (Lipinski definition) is 2.